The van der Waals surface area contributed by atoms with Gasteiger partial charge in [-0.3, -0.25) is 4.79 Å². The third-order valence-electron chi connectivity index (χ3n) is 3.36. The van der Waals surface area contributed by atoms with Crippen LogP contribution >= 0.6 is 11.8 Å². The quantitative estimate of drug-likeness (QED) is 0.827. The van der Waals surface area contributed by atoms with Gasteiger partial charge in [-0.1, -0.05) is 11.8 Å². The second kappa shape index (κ2) is 7.96. The van der Waals surface area contributed by atoms with E-state index in [0.29, 0.717) is 22.8 Å². The van der Waals surface area contributed by atoms with Gasteiger partial charge in [-0.25, -0.2) is 0 Å². The Morgan fingerprint density at radius 3 is 3.10 bits per heavy atom. The molecule has 1 atom stereocenters. The first-order valence-corrected chi connectivity index (χ1v) is 8.13. The molecule has 1 aliphatic rings. The number of ether oxygens (including phenoxy) is 1. The number of nitrogens with two attached hydrogens (primary N) is 1. The molecule has 1 saturated heterocycles. The molecule has 0 aliphatic carbocycles. The predicted octanol–water partition coefficient (Wildman–Crippen LogP) is 1.49. The summed E-state index contributed by atoms with van der Waals surface area (Å²) in [5.41, 5.74) is 6.67. The summed E-state index contributed by atoms with van der Waals surface area (Å²) in [6.45, 7) is 1.01. The van der Waals surface area contributed by atoms with E-state index in [1.54, 1.807) is 25.3 Å². The molecule has 0 saturated carbocycles. The number of amides is 1. The van der Waals surface area contributed by atoms with E-state index in [1.165, 1.54) is 12.2 Å². The topological polar surface area (TPSA) is 64.3 Å². The van der Waals surface area contributed by atoms with Crippen LogP contribution in [-0.2, 0) is 0 Å². The third-order valence-corrected chi connectivity index (χ3v) is 4.59. The van der Waals surface area contributed by atoms with Crippen LogP contribution in [-0.4, -0.2) is 37.6 Å². The fourth-order valence-corrected chi connectivity index (χ4v) is 3.46. The lowest BCUT2D eigenvalue weighted by atomic mass is 10.1. The van der Waals surface area contributed by atoms with Crippen molar-refractivity contribution in [1.29, 1.82) is 0 Å². The number of hydrogen-bond acceptors (Lipinski definition) is 4. The molecule has 1 aromatic carbocycles. The molecule has 0 bridgehead atoms. The molecule has 21 heavy (non-hydrogen) atoms. The Bertz CT molecular complexity index is 557. The minimum absolute atomic E-state index is 0.0645. The van der Waals surface area contributed by atoms with E-state index >= 15 is 0 Å². The van der Waals surface area contributed by atoms with Crippen molar-refractivity contribution < 1.29 is 9.53 Å². The van der Waals surface area contributed by atoms with Crippen LogP contribution in [0.25, 0.3) is 0 Å². The molecule has 4 nitrogen and oxygen atoms in total. The Morgan fingerprint density at radius 1 is 1.57 bits per heavy atom. The van der Waals surface area contributed by atoms with E-state index in [-0.39, 0.29) is 12.5 Å². The zero-order chi connectivity index (χ0) is 15.1. The van der Waals surface area contributed by atoms with Crippen molar-refractivity contribution >= 4 is 17.7 Å². The Balaban J connectivity index is 2.05. The lowest BCUT2D eigenvalue weighted by Gasteiger charge is -2.11. The molecular formula is C16H20N2O2S. The standard InChI is InChI=1S/C16H20N2O2S/c1-20-15-5-4-14(9-13(15)3-2-7-17)16(19)18-10-12-6-8-21-11-12/h4-5,9,12H,6-8,10-11,17H2,1H3,(H,18,19). The molecule has 5 heteroatoms. The van der Waals surface area contributed by atoms with Crippen molar-refractivity contribution in [2.24, 2.45) is 11.7 Å². The first-order chi connectivity index (χ1) is 10.2. The first-order valence-electron chi connectivity index (χ1n) is 6.97. The summed E-state index contributed by atoms with van der Waals surface area (Å²) in [4.78, 5) is 12.2. The van der Waals surface area contributed by atoms with Crippen molar-refractivity contribution in [3.63, 3.8) is 0 Å². The van der Waals surface area contributed by atoms with E-state index in [4.69, 9.17) is 10.5 Å². The number of nitrogens with one attached hydrogen (secondary N) is 1. The largest absolute Gasteiger partial charge is 0.495 e. The van der Waals surface area contributed by atoms with Crippen molar-refractivity contribution in [2.75, 3.05) is 31.7 Å². The Morgan fingerprint density at radius 2 is 2.43 bits per heavy atom. The van der Waals surface area contributed by atoms with Gasteiger partial charge in [0, 0.05) is 12.1 Å². The molecule has 0 spiro atoms. The number of methoxy groups -OCH3 is 1. The van der Waals surface area contributed by atoms with E-state index in [0.717, 1.165) is 12.3 Å². The van der Waals surface area contributed by atoms with Crippen molar-refractivity contribution in [2.45, 2.75) is 6.42 Å². The van der Waals surface area contributed by atoms with Crippen LogP contribution in [0, 0.1) is 17.8 Å². The first kappa shape index (κ1) is 15.7. The lowest BCUT2D eigenvalue weighted by Crippen LogP contribution is -2.29. The van der Waals surface area contributed by atoms with Crippen LogP contribution in [0.3, 0.4) is 0 Å². The highest BCUT2D eigenvalue weighted by Gasteiger charge is 2.17. The van der Waals surface area contributed by atoms with Gasteiger partial charge in [-0.15, -0.1) is 0 Å². The summed E-state index contributed by atoms with van der Waals surface area (Å²) in [5.74, 6) is 9.23. The molecular weight excluding hydrogens is 284 g/mol. The molecule has 1 aromatic rings. The van der Waals surface area contributed by atoms with E-state index in [2.05, 4.69) is 17.2 Å². The van der Waals surface area contributed by atoms with Gasteiger partial charge in [-0.2, -0.15) is 11.8 Å². The molecule has 0 radical (unpaired) electrons. The Kier molecular flexibility index (Phi) is 5.97. The lowest BCUT2D eigenvalue weighted by molar-refractivity contribution is 0.0948. The highest BCUT2D eigenvalue weighted by atomic mass is 32.2. The summed E-state index contributed by atoms with van der Waals surface area (Å²) in [7, 11) is 1.58. The third kappa shape index (κ3) is 4.42. The molecule has 1 amide bonds. The van der Waals surface area contributed by atoms with Gasteiger partial charge < -0.3 is 15.8 Å². The van der Waals surface area contributed by atoms with E-state index in [9.17, 15) is 4.79 Å². The van der Waals surface area contributed by atoms with Crippen LogP contribution in [0.15, 0.2) is 18.2 Å². The molecule has 0 aromatic heterocycles. The number of benzene rings is 1. The molecule has 1 aliphatic heterocycles. The number of hydrogen-bond donors (Lipinski definition) is 2. The van der Waals surface area contributed by atoms with Crippen LogP contribution in [0.5, 0.6) is 5.75 Å². The number of rotatable bonds is 4. The molecule has 2 rings (SSSR count). The van der Waals surface area contributed by atoms with Crippen LogP contribution in [0.4, 0.5) is 0 Å². The summed E-state index contributed by atoms with van der Waals surface area (Å²) in [5, 5.41) is 3.00. The average molecular weight is 304 g/mol. The van der Waals surface area contributed by atoms with Crippen LogP contribution < -0.4 is 15.8 Å². The van der Waals surface area contributed by atoms with Gasteiger partial charge in [0.2, 0.25) is 0 Å². The highest BCUT2D eigenvalue weighted by Crippen LogP contribution is 2.23. The second-order valence-electron chi connectivity index (χ2n) is 4.86. The van der Waals surface area contributed by atoms with Crippen molar-refractivity contribution in [1.82, 2.24) is 5.32 Å². The maximum absolute atomic E-state index is 12.2. The number of carbonyl (C=O) groups is 1. The van der Waals surface area contributed by atoms with Gasteiger partial charge in [0.05, 0.1) is 19.2 Å². The smallest absolute Gasteiger partial charge is 0.251 e. The average Bonchev–Trinajstić information content (AvgIpc) is 3.03. The zero-order valence-corrected chi connectivity index (χ0v) is 13.0. The van der Waals surface area contributed by atoms with E-state index in [1.807, 2.05) is 11.8 Å². The number of thioether (sulfide) groups is 1. The molecule has 3 N–H and O–H groups in total. The SMILES string of the molecule is COc1ccc(C(=O)NCC2CCSC2)cc1C#CCN. The summed E-state index contributed by atoms with van der Waals surface area (Å²) < 4.78 is 5.24. The summed E-state index contributed by atoms with van der Waals surface area (Å²) >= 11 is 1.95. The minimum atomic E-state index is -0.0645. The summed E-state index contributed by atoms with van der Waals surface area (Å²) in [6.07, 6.45) is 1.18. The predicted molar refractivity (Wildman–Crippen MR) is 86.7 cm³/mol. The van der Waals surface area contributed by atoms with Gasteiger partial charge in [0.25, 0.3) is 5.91 Å². The molecule has 1 unspecified atom stereocenters. The minimum Gasteiger partial charge on any atom is -0.495 e. The van der Waals surface area contributed by atoms with Gasteiger partial charge in [0.1, 0.15) is 5.75 Å². The maximum atomic E-state index is 12.2. The van der Waals surface area contributed by atoms with Crippen LogP contribution in [0.2, 0.25) is 0 Å². The van der Waals surface area contributed by atoms with Crippen molar-refractivity contribution in [3.05, 3.63) is 29.3 Å². The fourth-order valence-electron chi connectivity index (χ4n) is 2.18. The molecule has 1 fully saturated rings. The Labute approximate surface area is 129 Å². The molecule has 1 heterocycles. The number of carbonyl (C=O) groups excluding carboxylic acids is 1. The fraction of sp³-hybridized carbons (Fsp3) is 0.438. The Hall–Kier alpha value is -1.64. The summed E-state index contributed by atoms with van der Waals surface area (Å²) in [6, 6.07) is 5.27. The maximum Gasteiger partial charge on any atom is 0.251 e. The zero-order valence-electron chi connectivity index (χ0n) is 12.1. The van der Waals surface area contributed by atoms with Crippen LogP contribution in [0.1, 0.15) is 22.3 Å². The molecule has 112 valence electrons. The monoisotopic (exact) mass is 304 g/mol. The highest BCUT2D eigenvalue weighted by molar-refractivity contribution is 7.99. The normalized spacial score (nSPS) is 17.0. The van der Waals surface area contributed by atoms with Gasteiger partial charge >= 0.3 is 0 Å². The van der Waals surface area contributed by atoms with Gasteiger partial charge in [0.15, 0.2) is 0 Å². The van der Waals surface area contributed by atoms with Gasteiger partial charge in [-0.05, 0) is 42.0 Å². The van der Waals surface area contributed by atoms with Crippen molar-refractivity contribution in [3.8, 4) is 17.6 Å². The van der Waals surface area contributed by atoms with E-state index < -0.39 is 0 Å². The second-order valence-corrected chi connectivity index (χ2v) is 6.01.